The second-order valence-electron chi connectivity index (χ2n) is 4.51. The molecule has 1 aliphatic heterocycles. The van der Waals surface area contributed by atoms with Crippen molar-refractivity contribution in [1.82, 2.24) is 15.5 Å². The first kappa shape index (κ1) is 14.4. The van der Waals surface area contributed by atoms with Crippen molar-refractivity contribution in [2.24, 2.45) is 0 Å². The molecule has 1 unspecified atom stereocenters. The van der Waals surface area contributed by atoms with Gasteiger partial charge in [0.15, 0.2) is 9.84 Å². The summed E-state index contributed by atoms with van der Waals surface area (Å²) in [5.74, 6) is 0.165. The van der Waals surface area contributed by atoms with Crippen molar-refractivity contribution < 1.29 is 13.2 Å². The lowest BCUT2D eigenvalue weighted by Gasteiger charge is -2.17. The molecule has 0 spiro atoms. The molecule has 1 aliphatic rings. The van der Waals surface area contributed by atoms with E-state index in [1.165, 1.54) is 0 Å². The van der Waals surface area contributed by atoms with Crippen LogP contribution in [0.4, 0.5) is 0 Å². The van der Waals surface area contributed by atoms with Crippen LogP contribution >= 0.6 is 0 Å². The minimum Gasteiger partial charge on any atom is -0.351 e. The fraction of sp³-hybridized carbons (Fsp3) is 0.900. The Kier molecular flexibility index (Phi) is 5.35. The van der Waals surface area contributed by atoms with E-state index in [-0.39, 0.29) is 23.5 Å². The monoisotopic (exact) mass is 263 g/mol. The maximum Gasteiger partial charge on any atom is 0.234 e. The first-order chi connectivity index (χ1) is 7.93. The maximum atomic E-state index is 11.6. The molecule has 0 aliphatic carbocycles. The van der Waals surface area contributed by atoms with Crippen molar-refractivity contribution in [3.63, 3.8) is 0 Å². The van der Waals surface area contributed by atoms with E-state index in [0.29, 0.717) is 13.0 Å². The van der Waals surface area contributed by atoms with Crippen LogP contribution in [0.1, 0.15) is 6.42 Å². The van der Waals surface area contributed by atoms with Gasteiger partial charge in [0, 0.05) is 19.1 Å². The van der Waals surface area contributed by atoms with E-state index in [1.54, 1.807) is 0 Å². The van der Waals surface area contributed by atoms with E-state index < -0.39 is 9.84 Å². The zero-order valence-corrected chi connectivity index (χ0v) is 11.2. The normalized spacial score (nSPS) is 22.9. The SMILES string of the molecule is CNCCN(C)CC(=O)NC1CCS(=O)(=O)C1. The molecule has 7 heteroatoms. The third kappa shape index (κ3) is 5.47. The van der Waals surface area contributed by atoms with Gasteiger partial charge in [-0.3, -0.25) is 9.69 Å². The molecule has 0 aromatic carbocycles. The van der Waals surface area contributed by atoms with Crippen LogP contribution in [0.25, 0.3) is 0 Å². The molecule has 0 bridgehead atoms. The van der Waals surface area contributed by atoms with Crippen molar-refractivity contribution in [1.29, 1.82) is 0 Å². The first-order valence-corrected chi connectivity index (χ1v) is 7.58. The molecule has 1 saturated heterocycles. The van der Waals surface area contributed by atoms with Crippen LogP contribution in [0.3, 0.4) is 0 Å². The molecular formula is C10H21N3O3S. The molecule has 0 radical (unpaired) electrons. The van der Waals surface area contributed by atoms with Crippen LogP contribution in [0.15, 0.2) is 0 Å². The fourth-order valence-corrected chi connectivity index (χ4v) is 3.48. The van der Waals surface area contributed by atoms with Crippen molar-refractivity contribution in [3.05, 3.63) is 0 Å². The summed E-state index contributed by atoms with van der Waals surface area (Å²) in [6.07, 6.45) is 0.536. The highest BCUT2D eigenvalue weighted by atomic mass is 32.2. The molecule has 0 aromatic heterocycles. The number of rotatable bonds is 6. The van der Waals surface area contributed by atoms with Crippen LogP contribution < -0.4 is 10.6 Å². The molecule has 17 heavy (non-hydrogen) atoms. The average molecular weight is 263 g/mol. The number of hydrogen-bond acceptors (Lipinski definition) is 5. The van der Waals surface area contributed by atoms with Gasteiger partial charge < -0.3 is 10.6 Å². The number of carbonyl (C=O) groups is 1. The Hall–Kier alpha value is -0.660. The number of hydrogen-bond donors (Lipinski definition) is 2. The van der Waals surface area contributed by atoms with Gasteiger partial charge in [-0.15, -0.1) is 0 Å². The van der Waals surface area contributed by atoms with Gasteiger partial charge in [-0.1, -0.05) is 0 Å². The standard InChI is InChI=1S/C10H21N3O3S/c1-11-4-5-13(2)7-10(14)12-9-3-6-17(15,16)8-9/h9,11H,3-8H2,1-2H3,(H,12,14). The molecule has 1 rings (SSSR count). The van der Waals surface area contributed by atoms with E-state index in [4.69, 9.17) is 0 Å². The molecular weight excluding hydrogens is 242 g/mol. The summed E-state index contributed by atoms with van der Waals surface area (Å²) in [5.41, 5.74) is 0. The zero-order valence-electron chi connectivity index (χ0n) is 10.4. The van der Waals surface area contributed by atoms with Gasteiger partial charge in [-0.05, 0) is 20.5 Å². The minimum atomic E-state index is -2.92. The highest BCUT2D eigenvalue weighted by Crippen LogP contribution is 2.10. The van der Waals surface area contributed by atoms with Crippen LogP contribution in [0, 0.1) is 0 Å². The molecule has 1 heterocycles. The second kappa shape index (κ2) is 6.32. The summed E-state index contributed by atoms with van der Waals surface area (Å²) in [6.45, 7) is 1.91. The molecule has 0 aromatic rings. The van der Waals surface area contributed by atoms with Crippen molar-refractivity contribution >= 4 is 15.7 Å². The van der Waals surface area contributed by atoms with Crippen molar-refractivity contribution in [2.75, 3.05) is 45.2 Å². The highest BCUT2D eigenvalue weighted by Gasteiger charge is 2.28. The van der Waals surface area contributed by atoms with E-state index in [1.807, 2.05) is 19.0 Å². The maximum absolute atomic E-state index is 11.6. The lowest BCUT2D eigenvalue weighted by Crippen LogP contribution is -2.42. The Balaban J connectivity index is 2.26. The molecule has 100 valence electrons. The quantitative estimate of drug-likeness (QED) is 0.606. The molecule has 2 N–H and O–H groups in total. The highest BCUT2D eigenvalue weighted by molar-refractivity contribution is 7.91. The summed E-state index contributed by atoms with van der Waals surface area (Å²) in [4.78, 5) is 13.5. The van der Waals surface area contributed by atoms with Gasteiger partial charge in [0.2, 0.25) is 5.91 Å². The van der Waals surface area contributed by atoms with Crippen LogP contribution in [0.5, 0.6) is 0 Å². The van der Waals surface area contributed by atoms with Gasteiger partial charge >= 0.3 is 0 Å². The topological polar surface area (TPSA) is 78.5 Å². The zero-order chi connectivity index (χ0) is 12.9. The summed E-state index contributed by atoms with van der Waals surface area (Å²) < 4.78 is 22.4. The largest absolute Gasteiger partial charge is 0.351 e. The second-order valence-corrected chi connectivity index (χ2v) is 6.74. The molecule has 1 fully saturated rings. The molecule has 0 saturated carbocycles. The lowest BCUT2D eigenvalue weighted by molar-refractivity contribution is -0.122. The predicted molar refractivity (Wildman–Crippen MR) is 66.6 cm³/mol. The number of amides is 1. The van der Waals surface area contributed by atoms with E-state index in [9.17, 15) is 13.2 Å². The number of carbonyl (C=O) groups excluding carboxylic acids is 1. The third-order valence-corrected chi connectivity index (χ3v) is 4.52. The predicted octanol–water partition coefficient (Wildman–Crippen LogP) is -1.56. The Morgan fingerprint density at radius 1 is 1.47 bits per heavy atom. The molecule has 6 nitrogen and oxygen atoms in total. The Bertz CT molecular complexity index is 356. The van der Waals surface area contributed by atoms with E-state index in [2.05, 4.69) is 10.6 Å². The smallest absolute Gasteiger partial charge is 0.234 e. The van der Waals surface area contributed by atoms with E-state index in [0.717, 1.165) is 13.1 Å². The van der Waals surface area contributed by atoms with Crippen LogP contribution in [0.2, 0.25) is 0 Å². The lowest BCUT2D eigenvalue weighted by atomic mass is 10.2. The van der Waals surface area contributed by atoms with Crippen LogP contribution in [-0.2, 0) is 14.6 Å². The fourth-order valence-electron chi connectivity index (χ4n) is 1.81. The average Bonchev–Trinajstić information content (AvgIpc) is 2.54. The number of sulfone groups is 1. The van der Waals surface area contributed by atoms with Crippen LogP contribution in [-0.4, -0.2) is 70.5 Å². The Morgan fingerprint density at radius 3 is 2.71 bits per heavy atom. The van der Waals surface area contributed by atoms with Gasteiger partial charge in [0.25, 0.3) is 0 Å². The van der Waals surface area contributed by atoms with Gasteiger partial charge in [0.1, 0.15) is 0 Å². The Labute approximate surface area is 103 Å². The summed E-state index contributed by atoms with van der Waals surface area (Å²) in [5, 5.41) is 5.76. The van der Waals surface area contributed by atoms with E-state index >= 15 is 0 Å². The number of nitrogens with one attached hydrogen (secondary N) is 2. The Morgan fingerprint density at radius 2 is 2.18 bits per heavy atom. The number of nitrogens with zero attached hydrogens (tertiary/aromatic N) is 1. The minimum absolute atomic E-state index is 0.0823. The first-order valence-electron chi connectivity index (χ1n) is 5.76. The molecule has 1 atom stereocenters. The molecule has 1 amide bonds. The van der Waals surface area contributed by atoms with Crippen molar-refractivity contribution in [2.45, 2.75) is 12.5 Å². The van der Waals surface area contributed by atoms with Gasteiger partial charge in [0.05, 0.1) is 18.1 Å². The summed E-state index contributed by atoms with van der Waals surface area (Å²) in [7, 11) is 0.800. The van der Waals surface area contributed by atoms with Gasteiger partial charge in [-0.25, -0.2) is 8.42 Å². The summed E-state index contributed by atoms with van der Waals surface area (Å²) in [6, 6.07) is -0.204. The summed E-state index contributed by atoms with van der Waals surface area (Å²) >= 11 is 0. The van der Waals surface area contributed by atoms with Gasteiger partial charge in [-0.2, -0.15) is 0 Å². The van der Waals surface area contributed by atoms with Crippen molar-refractivity contribution in [3.8, 4) is 0 Å². The number of likely N-dealkylation sites (N-methyl/N-ethyl adjacent to an activating group) is 2. The third-order valence-electron chi connectivity index (χ3n) is 2.75.